The van der Waals surface area contributed by atoms with Gasteiger partial charge in [0, 0.05) is 19.0 Å². The molecule has 0 saturated carbocycles. The molecule has 0 heterocycles. The van der Waals surface area contributed by atoms with E-state index >= 15 is 0 Å². The summed E-state index contributed by atoms with van der Waals surface area (Å²) in [6, 6.07) is 7.61. The number of rotatable bonds is 7. The van der Waals surface area contributed by atoms with Crippen LogP contribution in [0.1, 0.15) is 51.7 Å². The van der Waals surface area contributed by atoms with Crippen molar-refractivity contribution in [2.75, 3.05) is 0 Å². The van der Waals surface area contributed by atoms with Crippen LogP contribution in [0.15, 0.2) is 24.3 Å². The average molecular weight is 304 g/mol. The van der Waals surface area contributed by atoms with Crippen molar-refractivity contribution in [3.63, 3.8) is 0 Å². The molecule has 4 heteroatoms. The SMILES string of the molecule is CCC(=O)N(Cc1ccccc1C)C(C)C(=O)NC(C)CC. The molecule has 1 aromatic rings. The first kappa shape index (κ1) is 18.2. The quantitative estimate of drug-likeness (QED) is 0.841. The lowest BCUT2D eigenvalue weighted by atomic mass is 10.1. The fraction of sp³-hybridized carbons (Fsp3) is 0.556. The Morgan fingerprint density at radius 2 is 1.82 bits per heavy atom. The maximum atomic E-state index is 12.3. The van der Waals surface area contributed by atoms with Gasteiger partial charge in [0.05, 0.1) is 0 Å². The van der Waals surface area contributed by atoms with Crippen LogP contribution in [0.3, 0.4) is 0 Å². The van der Waals surface area contributed by atoms with Gasteiger partial charge in [-0.05, 0) is 38.3 Å². The van der Waals surface area contributed by atoms with E-state index in [2.05, 4.69) is 5.32 Å². The Balaban J connectivity index is 2.91. The average Bonchev–Trinajstić information content (AvgIpc) is 2.52. The maximum absolute atomic E-state index is 12.3. The van der Waals surface area contributed by atoms with Gasteiger partial charge >= 0.3 is 0 Å². The van der Waals surface area contributed by atoms with E-state index in [-0.39, 0.29) is 17.9 Å². The predicted molar refractivity (Wildman–Crippen MR) is 89.4 cm³/mol. The molecule has 0 spiro atoms. The molecule has 1 aromatic carbocycles. The molecule has 2 amide bonds. The van der Waals surface area contributed by atoms with Crippen LogP contribution in [0.25, 0.3) is 0 Å². The Hall–Kier alpha value is -1.84. The van der Waals surface area contributed by atoms with Crippen molar-refractivity contribution >= 4 is 11.8 Å². The Morgan fingerprint density at radius 1 is 1.18 bits per heavy atom. The first-order valence-corrected chi connectivity index (χ1v) is 8.05. The van der Waals surface area contributed by atoms with Crippen LogP contribution < -0.4 is 5.32 Å². The summed E-state index contributed by atoms with van der Waals surface area (Å²) in [5.74, 6) is -0.0974. The van der Waals surface area contributed by atoms with Crippen molar-refractivity contribution in [1.29, 1.82) is 0 Å². The van der Waals surface area contributed by atoms with Gasteiger partial charge in [-0.3, -0.25) is 9.59 Å². The number of aryl methyl sites for hydroxylation is 1. The number of hydrogen-bond acceptors (Lipinski definition) is 2. The first-order valence-electron chi connectivity index (χ1n) is 8.05. The number of carbonyl (C=O) groups excluding carboxylic acids is 2. The minimum atomic E-state index is -0.471. The zero-order chi connectivity index (χ0) is 16.7. The van der Waals surface area contributed by atoms with E-state index in [0.717, 1.165) is 17.5 Å². The molecular formula is C18H28N2O2. The molecule has 1 N–H and O–H groups in total. The molecule has 0 radical (unpaired) electrons. The summed E-state index contributed by atoms with van der Waals surface area (Å²) in [7, 11) is 0. The van der Waals surface area contributed by atoms with Gasteiger partial charge in [-0.1, -0.05) is 38.1 Å². The van der Waals surface area contributed by atoms with E-state index in [4.69, 9.17) is 0 Å². The lowest BCUT2D eigenvalue weighted by Crippen LogP contribution is -2.49. The van der Waals surface area contributed by atoms with Gasteiger partial charge in [0.2, 0.25) is 11.8 Å². The van der Waals surface area contributed by atoms with Crippen LogP contribution in [0.2, 0.25) is 0 Å². The third kappa shape index (κ3) is 4.86. The number of carbonyl (C=O) groups is 2. The van der Waals surface area contributed by atoms with Crippen molar-refractivity contribution < 1.29 is 9.59 Å². The summed E-state index contributed by atoms with van der Waals surface area (Å²) in [5, 5.41) is 2.96. The Kier molecular flexibility index (Phi) is 7.09. The molecule has 0 bridgehead atoms. The van der Waals surface area contributed by atoms with Crippen LogP contribution >= 0.6 is 0 Å². The van der Waals surface area contributed by atoms with Gasteiger partial charge in [-0.2, -0.15) is 0 Å². The molecule has 2 unspecified atom stereocenters. The van der Waals surface area contributed by atoms with Gasteiger partial charge in [0.1, 0.15) is 6.04 Å². The van der Waals surface area contributed by atoms with E-state index in [9.17, 15) is 9.59 Å². The highest BCUT2D eigenvalue weighted by atomic mass is 16.2. The zero-order valence-corrected chi connectivity index (χ0v) is 14.3. The molecule has 0 aliphatic carbocycles. The topological polar surface area (TPSA) is 49.4 Å². The van der Waals surface area contributed by atoms with E-state index < -0.39 is 6.04 Å². The van der Waals surface area contributed by atoms with Crippen molar-refractivity contribution in [3.05, 3.63) is 35.4 Å². The summed E-state index contributed by atoms with van der Waals surface area (Å²) in [5.41, 5.74) is 2.21. The van der Waals surface area contributed by atoms with E-state index in [1.165, 1.54) is 0 Å². The van der Waals surface area contributed by atoms with E-state index in [1.54, 1.807) is 11.8 Å². The summed E-state index contributed by atoms with van der Waals surface area (Å²) in [4.78, 5) is 26.3. The third-order valence-electron chi connectivity index (χ3n) is 4.07. The zero-order valence-electron chi connectivity index (χ0n) is 14.3. The molecule has 0 saturated heterocycles. The molecule has 2 atom stereocenters. The van der Waals surface area contributed by atoms with E-state index in [1.807, 2.05) is 52.0 Å². The van der Waals surface area contributed by atoms with Gasteiger partial charge < -0.3 is 10.2 Å². The largest absolute Gasteiger partial charge is 0.352 e. The summed E-state index contributed by atoms with van der Waals surface area (Å²) < 4.78 is 0. The second kappa shape index (κ2) is 8.57. The highest BCUT2D eigenvalue weighted by Crippen LogP contribution is 2.14. The van der Waals surface area contributed by atoms with Crippen molar-refractivity contribution in [3.8, 4) is 0 Å². The number of nitrogens with one attached hydrogen (secondary N) is 1. The number of hydrogen-bond donors (Lipinski definition) is 1. The van der Waals surface area contributed by atoms with Gasteiger partial charge in [0.15, 0.2) is 0 Å². The third-order valence-corrected chi connectivity index (χ3v) is 4.07. The second-order valence-corrected chi connectivity index (χ2v) is 5.80. The van der Waals surface area contributed by atoms with Crippen LogP contribution in [0.5, 0.6) is 0 Å². The van der Waals surface area contributed by atoms with Crippen molar-refractivity contribution in [2.24, 2.45) is 0 Å². The van der Waals surface area contributed by atoms with E-state index in [0.29, 0.717) is 13.0 Å². The van der Waals surface area contributed by atoms with Crippen molar-refractivity contribution in [1.82, 2.24) is 10.2 Å². The number of amides is 2. The molecule has 4 nitrogen and oxygen atoms in total. The molecule has 122 valence electrons. The summed E-state index contributed by atoms with van der Waals surface area (Å²) in [6.45, 7) is 10.1. The molecule has 22 heavy (non-hydrogen) atoms. The summed E-state index contributed by atoms with van der Waals surface area (Å²) in [6.07, 6.45) is 1.27. The first-order chi connectivity index (χ1) is 10.4. The number of nitrogens with zero attached hydrogens (tertiary/aromatic N) is 1. The van der Waals surface area contributed by atoms with Crippen LogP contribution in [-0.4, -0.2) is 28.8 Å². The minimum absolute atomic E-state index is 0.00458. The lowest BCUT2D eigenvalue weighted by molar-refractivity contribution is -0.140. The van der Waals surface area contributed by atoms with Crippen LogP contribution in [0.4, 0.5) is 0 Å². The number of benzene rings is 1. The molecule has 0 fully saturated rings. The maximum Gasteiger partial charge on any atom is 0.242 e. The normalized spacial score (nSPS) is 13.3. The monoisotopic (exact) mass is 304 g/mol. The molecular weight excluding hydrogens is 276 g/mol. The second-order valence-electron chi connectivity index (χ2n) is 5.80. The predicted octanol–water partition coefficient (Wildman–Crippen LogP) is 3.04. The minimum Gasteiger partial charge on any atom is -0.352 e. The highest BCUT2D eigenvalue weighted by Gasteiger charge is 2.25. The fourth-order valence-electron chi connectivity index (χ4n) is 2.22. The van der Waals surface area contributed by atoms with Crippen LogP contribution in [-0.2, 0) is 16.1 Å². The highest BCUT2D eigenvalue weighted by molar-refractivity contribution is 5.87. The van der Waals surface area contributed by atoms with Gasteiger partial charge in [0.25, 0.3) is 0 Å². The van der Waals surface area contributed by atoms with Gasteiger partial charge in [-0.25, -0.2) is 0 Å². The lowest BCUT2D eigenvalue weighted by Gasteiger charge is -2.29. The molecule has 0 aliphatic rings. The smallest absolute Gasteiger partial charge is 0.242 e. The Bertz CT molecular complexity index is 514. The Morgan fingerprint density at radius 3 is 2.36 bits per heavy atom. The molecule has 0 aliphatic heterocycles. The van der Waals surface area contributed by atoms with Gasteiger partial charge in [-0.15, -0.1) is 0 Å². The van der Waals surface area contributed by atoms with Crippen molar-refractivity contribution in [2.45, 2.75) is 66.1 Å². The summed E-state index contributed by atoms with van der Waals surface area (Å²) >= 11 is 0. The molecule has 1 rings (SSSR count). The standard InChI is InChI=1S/C18H28N2O2/c1-6-14(4)19-18(22)15(5)20(17(21)7-2)12-16-11-9-8-10-13(16)3/h8-11,14-15H,6-7,12H2,1-5H3,(H,19,22). The van der Waals surface area contributed by atoms with Crippen LogP contribution in [0, 0.1) is 6.92 Å². The molecule has 0 aromatic heterocycles. The Labute approximate surface area is 133 Å². The fourth-order valence-corrected chi connectivity index (χ4v) is 2.22.